The molecule has 0 fully saturated rings. The summed E-state index contributed by atoms with van der Waals surface area (Å²) in [5.41, 5.74) is 1.53. The molecule has 2 aromatic rings. The lowest BCUT2D eigenvalue weighted by Crippen LogP contribution is -2.32. The van der Waals surface area contributed by atoms with Crippen molar-refractivity contribution in [3.05, 3.63) is 42.2 Å². The summed E-state index contributed by atoms with van der Waals surface area (Å²) in [6.07, 6.45) is 3.60. The number of aliphatic carboxylic acids is 1. The zero-order valence-electron chi connectivity index (χ0n) is 10.7. The number of carbonyl (C=O) groups excluding carboxylic acids is 1. The Hall–Kier alpha value is -2.30. The van der Waals surface area contributed by atoms with E-state index in [2.05, 4.69) is 0 Å². The van der Waals surface area contributed by atoms with Gasteiger partial charge in [-0.05, 0) is 25.1 Å². The van der Waals surface area contributed by atoms with Crippen molar-refractivity contribution >= 4 is 17.4 Å². The molecule has 0 unspecified atom stereocenters. The smallest absolute Gasteiger partial charge is 0.305 e. The third-order valence-corrected chi connectivity index (χ3v) is 3.02. The summed E-state index contributed by atoms with van der Waals surface area (Å²) in [4.78, 5) is 24.4. The van der Waals surface area contributed by atoms with E-state index in [9.17, 15) is 9.59 Å². The second-order valence-electron chi connectivity index (χ2n) is 4.29. The first-order valence-electron chi connectivity index (χ1n) is 6.19. The maximum absolute atomic E-state index is 12.3. The van der Waals surface area contributed by atoms with Crippen LogP contribution in [-0.2, 0) is 4.79 Å². The van der Waals surface area contributed by atoms with Crippen LogP contribution >= 0.6 is 0 Å². The first-order chi connectivity index (χ1) is 9.11. The van der Waals surface area contributed by atoms with Crippen LogP contribution in [0.2, 0.25) is 0 Å². The third-order valence-electron chi connectivity index (χ3n) is 3.02. The van der Waals surface area contributed by atoms with Gasteiger partial charge in [0.1, 0.15) is 0 Å². The van der Waals surface area contributed by atoms with Crippen molar-refractivity contribution in [2.75, 3.05) is 13.1 Å². The molecule has 100 valence electrons. The maximum atomic E-state index is 12.3. The average Bonchev–Trinajstić information content (AvgIpc) is 2.82. The van der Waals surface area contributed by atoms with Crippen LogP contribution in [0.25, 0.3) is 5.52 Å². The number of hydrogen-bond acceptors (Lipinski definition) is 2. The molecule has 2 aromatic heterocycles. The number of amides is 1. The summed E-state index contributed by atoms with van der Waals surface area (Å²) in [7, 11) is 0. The molecule has 0 saturated carbocycles. The van der Waals surface area contributed by atoms with Crippen molar-refractivity contribution in [1.82, 2.24) is 9.30 Å². The second kappa shape index (κ2) is 5.56. The Morgan fingerprint density at radius 2 is 2.16 bits per heavy atom. The summed E-state index contributed by atoms with van der Waals surface area (Å²) < 4.78 is 1.87. The van der Waals surface area contributed by atoms with Gasteiger partial charge in [0.05, 0.1) is 12.0 Å². The molecule has 0 atom stereocenters. The molecule has 1 amide bonds. The van der Waals surface area contributed by atoms with Crippen LogP contribution in [0.5, 0.6) is 0 Å². The summed E-state index contributed by atoms with van der Waals surface area (Å²) >= 11 is 0. The van der Waals surface area contributed by atoms with Crippen molar-refractivity contribution in [2.45, 2.75) is 13.3 Å². The fourth-order valence-corrected chi connectivity index (χ4v) is 1.99. The zero-order valence-corrected chi connectivity index (χ0v) is 10.7. The highest BCUT2D eigenvalue weighted by Crippen LogP contribution is 2.12. The highest BCUT2D eigenvalue weighted by molar-refractivity contribution is 5.95. The number of carboxylic acids is 1. The zero-order chi connectivity index (χ0) is 13.8. The molecule has 0 aromatic carbocycles. The van der Waals surface area contributed by atoms with Gasteiger partial charge >= 0.3 is 5.97 Å². The predicted octanol–water partition coefficient (Wildman–Crippen LogP) is 1.88. The van der Waals surface area contributed by atoms with E-state index in [-0.39, 0.29) is 18.9 Å². The summed E-state index contributed by atoms with van der Waals surface area (Å²) in [5.74, 6) is -1.03. The Balaban J connectivity index is 2.18. The molecular formula is C14H16N2O3. The minimum atomic E-state index is -0.895. The van der Waals surface area contributed by atoms with E-state index in [0.29, 0.717) is 12.1 Å². The Morgan fingerprint density at radius 3 is 2.79 bits per heavy atom. The minimum Gasteiger partial charge on any atom is -0.481 e. The molecule has 0 spiro atoms. The molecule has 0 aliphatic heterocycles. The van der Waals surface area contributed by atoms with Crippen molar-refractivity contribution < 1.29 is 14.7 Å². The van der Waals surface area contributed by atoms with Gasteiger partial charge in [0.2, 0.25) is 0 Å². The van der Waals surface area contributed by atoms with Crippen molar-refractivity contribution in [3.63, 3.8) is 0 Å². The van der Waals surface area contributed by atoms with Gasteiger partial charge in [-0.3, -0.25) is 9.59 Å². The lowest BCUT2D eigenvalue weighted by atomic mass is 10.2. The van der Waals surface area contributed by atoms with Crippen LogP contribution in [0.1, 0.15) is 23.7 Å². The molecule has 0 bridgehead atoms. The molecule has 1 N–H and O–H groups in total. The number of aromatic nitrogens is 1. The van der Waals surface area contributed by atoms with Crippen LogP contribution in [-0.4, -0.2) is 39.4 Å². The number of pyridine rings is 1. The lowest BCUT2D eigenvalue weighted by Gasteiger charge is -2.19. The van der Waals surface area contributed by atoms with Crippen LogP contribution in [0, 0.1) is 0 Å². The predicted molar refractivity (Wildman–Crippen MR) is 71.2 cm³/mol. The number of fused-ring (bicyclic) bond motifs is 1. The van der Waals surface area contributed by atoms with E-state index in [0.717, 1.165) is 5.52 Å². The van der Waals surface area contributed by atoms with Gasteiger partial charge in [-0.25, -0.2) is 0 Å². The van der Waals surface area contributed by atoms with E-state index in [1.54, 1.807) is 11.1 Å². The van der Waals surface area contributed by atoms with Gasteiger partial charge in [-0.15, -0.1) is 0 Å². The minimum absolute atomic E-state index is 0.0348. The normalized spacial score (nSPS) is 10.6. The Kier molecular flexibility index (Phi) is 3.85. The first-order valence-corrected chi connectivity index (χ1v) is 6.19. The standard InChI is InChI=1S/C14H16N2O3/c1-2-15(8-6-13(17)18)14(19)11-9-12-5-3-4-7-16(12)10-11/h3-5,7,9-10H,2,6,8H2,1H3,(H,17,18). The first kappa shape index (κ1) is 13.1. The molecule has 5 heteroatoms. The maximum Gasteiger partial charge on any atom is 0.305 e. The third kappa shape index (κ3) is 2.93. The van der Waals surface area contributed by atoms with E-state index < -0.39 is 5.97 Å². The molecule has 2 rings (SSSR count). The fourth-order valence-electron chi connectivity index (χ4n) is 1.99. The number of hydrogen-bond donors (Lipinski definition) is 1. The molecule has 2 heterocycles. The number of rotatable bonds is 5. The topological polar surface area (TPSA) is 62.0 Å². The highest BCUT2D eigenvalue weighted by atomic mass is 16.4. The average molecular weight is 260 g/mol. The molecule has 19 heavy (non-hydrogen) atoms. The quantitative estimate of drug-likeness (QED) is 0.892. The number of nitrogens with zero attached hydrogens (tertiary/aromatic N) is 2. The number of carbonyl (C=O) groups is 2. The van der Waals surface area contributed by atoms with Gasteiger partial charge in [0.15, 0.2) is 0 Å². The summed E-state index contributed by atoms with van der Waals surface area (Å²) in [6, 6.07) is 7.53. The van der Waals surface area contributed by atoms with Gasteiger partial charge in [0, 0.05) is 31.0 Å². The van der Waals surface area contributed by atoms with Crippen LogP contribution < -0.4 is 0 Å². The monoisotopic (exact) mass is 260 g/mol. The Labute approximate surface area is 111 Å². The van der Waals surface area contributed by atoms with Crippen LogP contribution in [0.4, 0.5) is 0 Å². The Morgan fingerprint density at radius 1 is 1.37 bits per heavy atom. The van der Waals surface area contributed by atoms with Crippen LogP contribution in [0.3, 0.4) is 0 Å². The lowest BCUT2D eigenvalue weighted by molar-refractivity contribution is -0.137. The molecule has 0 aliphatic rings. The van der Waals surface area contributed by atoms with E-state index in [1.807, 2.05) is 41.8 Å². The number of carboxylic acid groups (broad SMARTS) is 1. The van der Waals surface area contributed by atoms with Gasteiger partial charge in [-0.1, -0.05) is 6.07 Å². The van der Waals surface area contributed by atoms with Crippen molar-refractivity contribution in [3.8, 4) is 0 Å². The van der Waals surface area contributed by atoms with Crippen molar-refractivity contribution in [2.24, 2.45) is 0 Å². The van der Waals surface area contributed by atoms with E-state index >= 15 is 0 Å². The fraction of sp³-hybridized carbons (Fsp3) is 0.286. The van der Waals surface area contributed by atoms with Gasteiger partial charge in [0.25, 0.3) is 5.91 Å². The molecule has 0 aliphatic carbocycles. The van der Waals surface area contributed by atoms with Crippen molar-refractivity contribution in [1.29, 1.82) is 0 Å². The largest absolute Gasteiger partial charge is 0.481 e. The highest BCUT2D eigenvalue weighted by Gasteiger charge is 2.16. The second-order valence-corrected chi connectivity index (χ2v) is 4.29. The van der Waals surface area contributed by atoms with Gasteiger partial charge < -0.3 is 14.4 Å². The van der Waals surface area contributed by atoms with E-state index in [4.69, 9.17) is 5.11 Å². The molecule has 5 nitrogen and oxygen atoms in total. The SMILES string of the molecule is CCN(CCC(=O)O)C(=O)c1cc2ccccn2c1. The summed E-state index contributed by atoms with van der Waals surface area (Å²) in [6.45, 7) is 2.57. The molecule has 0 saturated heterocycles. The van der Waals surface area contributed by atoms with E-state index in [1.165, 1.54) is 0 Å². The van der Waals surface area contributed by atoms with Gasteiger partial charge in [-0.2, -0.15) is 0 Å². The molecule has 0 radical (unpaired) electrons. The molecular weight excluding hydrogens is 244 g/mol. The Bertz CT molecular complexity index is 571. The van der Waals surface area contributed by atoms with Crippen LogP contribution in [0.15, 0.2) is 36.7 Å². The summed E-state index contributed by atoms with van der Waals surface area (Å²) in [5, 5.41) is 8.68.